The highest BCUT2D eigenvalue weighted by Crippen LogP contribution is 2.35. The summed E-state index contributed by atoms with van der Waals surface area (Å²) in [5.41, 5.74) is 0.208. The first kappa shape index (κ1) is 11.3. The van der Waals surface area contributed by atoms with Crippen LogP contribution in [0.15, 0.2) is 12.2 Å². The lowest BCUT2D eigenvalue weighted by Crippen LogP contribution is -2.24. The molecule has 1 unspecified atom stereocenters. The van der Waals surface area contributed by atoms with Crippen molar-refractivity contribution in [2.45, 2.75) is 26.1 Å². The van der Waals surface area contributed by atoms with Gasteiger partial charge in [-0.3, -0.25) is 0 Å². The van der Waals surface area contributed by atoms with Gasteiger partial charge in [-0.2, -0.15) is 4.89 Å². The minimum atomic E-state index is -2.54. The van der Waals surface area contributed by atoms with Crippen LogP contribution in [0.2, 0.25) is 0 Å². The number of hydrogen-bond acceptors (Lipinski definition) is 3. The highest BCUT2D eigenvalue weighted by Gasteiger charge is 2.43. The zero-order chi connectivity index (χ0) is 9.94. The standard InChI is InChI=1S/C7H11O4P/c1-5(2)6(8)11-7(3,4)12(9)10/h1H2,2-4H3/p+1. The summed E-state index contributed by atoms with van der Waals surface area (Å²) in [6.07, 6.45) is 0. The molecule has 68 valence electrons. The Balaban J connectivity index is 4.35. The Morgan fingerprint density at radius 1 is 1.58 bits per heavy atom. The molecule has 0 saturated carbocycles. The van der Waals surface area contributed by atoms with E-state index in [9.17, 15) is 9.36 Å². The lowest BCUT2D eigenvalue weighted by atomic mass is 10.3. The number of rotatable bonds is 3. The van der Waals surface area contributed by atoms with Crippen molar-refractivity contribution in [3.05, 3.63) is 12.2 Å². The van der Waals surface area contributed by atoms with Gasteiger partial charge in [0.15, 0.2) is 0 Å². The fourth-order valence-electron chi connectivity index (χ4n) is 0.353. The summed E-state index contributed by atoms with van der Waals surface area (Å²) in [6.45, 7) is 7.56. The van der Waals surface area contributed by atoms with Gasteiger partial charge in [0.25, 0.3) is 0 Å². The maximum absolute atomic E-state index is 10.9. The lowest BCUT2D eigenvalue weighted by Gasteiger charge is -2.11. The van der Waals surface area contributed by atoms with Crippen molar-refractivity contribution < 1.29 is 19.0 Å². The third-order valence-corrected chi connectivity index (χ3v) is 2.16. The summed E-state index contributed by atoms with van der Waals surface area (Å²) < 4.78 is 15.3. The van der Waals surface area contributed by atoms with Gasteiger partial charge in [-0.25, -0.2) is 4.79 Å². The third-order valence-electron chi connectivity index (χ3n) is 1.15. The molecule has 1 atom stereocenters. The zero-order valence-corrected chi connectivity index (χ0v) is 8.22. The molecule has 5 heteroatoms. The molecular weight excluding hydrogens is 179 g/mol. The van der Waals surface area contributed by atoms with Crippen molar-refractivity contribution >= 4 is 14.0 Å². The van der Waals surface area contributed by atoms with Gasteiger partial charge in [0.1, 0.15) is 0 Å². The zero-order valence-electron chi connectivity index (χ0n) is 7.33. The monoisotopic (exact) mass is 191 g/mol. The average molecular weight is 191 g/mol. The highest BCUT2D eigenvalue weighted by molar-refractivity contribution is 7.39. The first-order valence-electron chi connectivity index (χ1n) is 3.32. The second-order valence-electron chi connectivity index (χ2n) is 2.89. The quantitative estimate of drug-likeness (QED) is 0.418. The van der Waals surface area contributed by atoms with E-state index >= 15 is 0 Å². The minimum absolute atomic E-state index is 0.208. The smallest absolute Gasteiger partial charge is 0.408 e. The van der Waals surface area contributed by atoms with Crippen LogP contribution < -0.4 is 0 Å². The van der Waals surface area contributed by atoms with E-state index in [-0.39, 0.29) is 5.57 Å². The summed E-state index contributed by atoms with van der Waals surface area (Å²) in [5, 5.41) is -1.34. The van der Waals surface area contributed by atoms with Gasteiger partial charge < -0.3 is 4.74 Å². The van der Waals surface area contributed by atoms with Crippen molar-refractivity contribution in [1.82, 2.24) is 0 Å². The van der Waals surface area contributed by atoms with Crippen molar-refractivity contribution in [3.8, 4) is 0 Å². The molecule has 0 fully saturated rings. The predicted molar refractivity (Wildman–Crippen MR) is 44.8 cm³/mol. The van der Waals surface area contributed by atoms with Gasteiger partial charge in [0, 0.05) is 19.4 Å². The molecule has 0 bridgehead atoms. The molecule has 0 aliphatic heterocycles. The molecule has 0 aromatic carbocycles. The Bertz CT molecular complexity index is 232. The summed E-state index contributed by atoms with van der Waals surface area (Å²) >= 11 is 0. The summed E-state index contributed by atoms with van der Waals surface area (Å²) in [7, 11) is -2.54. The maximum Gasteiger partial charge on any atom is 0.553 e. The van der Waals surface area contributed by atoms with E-state index in [1.54, 1.807) is 0 Å². The summed E-state index contributed by atoms with van der Waals surface area (Å²) in [5.74, 6) is -0.655. The predicted octanol–water partition coefficient (Wildman–Crippen LogP) is 1.58. The van der Waals surface area contributed by atoms with Crippen LogP contribution in [0.5, 0.6) is 0 Å². The van der Waals surface area contributed by atoms with Crippen LogP contribution in [-0.2, 0) is 14.1 Å². The molecule has 1 N–H and O–H groups in total. The fraction of sp³-hybridized carbons (Fsp3) is 0.571. The van der Waals surface area contributed by atoms with E-state index in [1.807, 2.05) is 0 Å². The van der Waals surface area contributed by atoms with Crippen molar-refractivity contribution in [1.29, 1.82) is 0 Å². The SMILES string of the molecule is C=C(C)C(=O)OC(C)(C)[P+](=O)O. The molecule has 0 radical (unpaired) electrons. The van der Waals surface area contributed by atoms with Gasteiger partial charge in [-0.15, -0.1) is 0 Å². The highest BCUT2D eigenvalue weighted by atomic mass is 31.1. The van der Waals surface area contributed by atoms with Gasteiger partial charge in [0.05, 0.1) is 0 Å². The summed E-state index contributed by atoms with van der Waals surface area (Å²) in [6, 6.07) is 0. The molecule has 0 aliphatic carbocycles. The van der Waals surface area contributed by atoms with E-state index in [0.29, 0.717) is 0 Å². The molecule has 0 aromatic heterocycles. The van der Waals surface area contributed by atoms with E-state index in [0.717, 1.165) is 0 Å². The topological polar surface area (TPSA) is 63.6 Å². The molecule has 0 aromatic rings. The minimum Gasteiger partial charge on any atom is -0.408 e. The first-order chi connectivity index (χ1) is 5.27. The van der Waals surface area contributed by atoms with E-state index in [4.69, 9.17) is 4.89 Å². The number of esters is 1. The Morgan fingerprint density at radius 3 is 2.25 bits per heavy atom. The van der Waals surface area contributed by atoms with Gasteiger partial charge in [-0.1, -0.05) is 6.58 Å². The van der Waals surface area contributed by atoms with Gasteiger partial charge >= 0.3 is 19.3 Å². The van der Waals surface area contributed by atoms with Gasteiger partial charge in [-0.05, 0) is 11.5 Å². The van der Waals surface area contributed by atoms with E-state index in [1.165, 1.54) is 20.8 Å². The second kappa shape index (κ2) is 3.78. The number of carbonyl (C=O) groups excluding carboxylic acids is 1. The largest absolute Gasteiger partial charge is 0.553 e. The third kappa shape index (κ3) is 3.11. The molecule has 0 heterocycles. The van der Waals surface area contributed by atoms with Crippen molar-refractivity contribution in [2.75, 3.05) is 0 Å². The molecule has 0 rings (SSSR count). The van der Waals surface area contributed by atoms with Crippen molar-refractivity contribution in [3.63, 3.8) is 0 Å². The summed E-state index contributed by atoms with van der Waals surface area (Å²) in [4.78, 5) is 19.6. The molecule has 4 nitrogen and oxygen atoms in total. The molecular formula is C7H12O4P+. The van der Waals surface area contributed by atoms with Crippen LogP contribution in [0.25, 0.3) is 0 Å². The van der Waals surface area contributed by atoms with Crippen LogP contribution >= 0.6 is 8.03 Å². The van der Waals surface area contributed by atoms with E-state index in [2.05, 4.69) is 11.3 Å². The van der Waals surface area contributed by atoms with Crippen LogP contribution in [0.1, 0.15) is 20.8 Å². The molecule has 0 aliphatic rings. The normalized spacial score (nSPS) is 12.2. The number of carbonyl (C=O) groups is 1. The number of hydrogen-bond donors (Lipinski definition) is 1. The second-order valence-corrected chi connectivity index (χ2v) is 4.51. The lowest BCUT2D eigenvalue weighted by molar-refractivity contribution is -0.145. The van der Waals surface area contributed by atoms with Crippen molar-refractivity contribution in [2.24, 2.45) is 0 Å². The molecule has 0 saturated heterocycles. The van der Waals surface area contributed by atoms with E-state index < -0.39 is 19.3 Å². The number of ether oxygens (including phenoxy) is 1. The van der Waals surface area contributed by atoms with Crippen LogP contribution in [0, 0.1) is 0 Å². The van der Waals surface area contributed by atoms with Crippen LogP contribution in [0.4, 0.5) is 0 Å². The Labute approximate surface area is 72.1 Å². The Morgan fingerprint density at radius 2 is 2.00 bits per heavy atom. The Hall–Kier alpha value is -0.730. The van der Waals surface area contributed by atoms with Crippen LogP contribution in [0.3, 0.4) is 0 Å². The maximum atomic E-state index is 10.9. The Kier molecular flexibility index (Phi) is 3.55. The molecule has 12 heavy (non-hydrogen) atoms. The molecule has 0 amide bonds. The molecule has 0 spiro atoms. The fourth-order valence-corrected chi connectivity index (χ4v) is 0.514. The first-order valence-corrected chi connectivity index (χ1v) is 4.53. The van der Waals surface area contributed by atoms with Gasteiger partial charge in [0.2, 0.25) is 0 Å². The van der Waals surface area contributed by atoms with Crippen LogP contribution in [-0.4, -0.2) is 16.2 Å². The average Bonchev–Trinajstić information content (AvgIpc) is 1.85.